The summed E-state index contributed by atoms with van der Waals surface area (Å²) in [5.41, 5.74) is 1.90. The van der Waals surface area contributed by atoms with E-state index in [1.807, 2.05) is 12.1 Å². The van der Waals surface area contributed by atoms with E-state index in [1.54, 1.807) is 7.11 Å². The van der Waals surface area contributed by atoms with Crippen LogP contribution in [-0.2, 0) is 5.41 Å². The van der Waals surface area contributed by atoms with E-state index in [-0.39, 0.29) is 17.6 Å². The number of aliphatic hydroxyl groups is 2. The van der Waals surface area contributed by atoms with Gasteiger partial charge in [0.05, 0.1) is 19.3 Å². The van der Waals surface area contributed by atoms with Gasteiger partial charge in [0, 0.05) is 17.0 Å². The van der Waals surface area contributed by atoms with Crippen molar-refractivity contribution in [2.24, 2.45) is 5.92 Å². The van der Waals surface area contributed by atoms with E-state index in [4.69, 9.17) is 9.47 Å². The van der Waals surface area contributed by atoms with E-state index in [0.29, 0.717) is 11.7 Å². The molecule has 2 N–H and O–H groups in total. The number of ether oxygens (including phenoxy) is 2. The first kappa shape index (κ1) is 14.1. The van der Waals surface area contributed by atoms with Crippen molar-refractivity contribution in [3.05, 3.63) is 23.3 Å². The van der Waals surface area contributed by atoms with Crippen molar-refractivity contribution in [2.75, 3.05) is 20.7 Å². The largest absolute Gasteiger partial charge is 0.493 e. The van der Waals surface area contributed by atoms with Crippen molar-refractivity contribution in [1.82, 2.24) is 4.90 Å². The summed E-state index contributed by atoms with van der Waals surface area (Å²) in [5.74, 6) is 1.79. The van der Waals surface area contributed by atoms with Gasteiger partial charge in [-0.15, -0.1) is 0 Å². The number of likely N-dealkylation sites (N-methyl/N-ethyl adjacent to an activating group) is 1. The highest BCUT2D eigenvalue weighted by Gasteiger charge is 2.67. The highest BCUT2D eigenvalue weighted by atomic mass is 16.5. The number of nitrogens with zero attached hydrogens (tertiary/aromatic N) is 1. The molecule has 0 radical (unpaired) electrons. The molecular weight excluding hydrogens is 294 g/mol. The molecule has 2 aliphatic carbocycles. The van der Waals surface area contributed by atoms with E-state index in [1.165, 1.54) is 0 Å². The first-order valence-electron chi connectivity index (χ1n) is 8.54. The van der Waals surface area contributed by atoms with Gasteiger partial charge < -0.3 is 24.6 Å². The zero-order chi connectivity index (χ0) is 15.9. The fourth-order valence-corrected chi connectivity index (χ4v) is 5.93. The summed E-state index contributed by atoms with van der Waals surface area (Å²) in [5, 5.41) is 21.7. The average Bonchev–Trinajstić information content (AvgIpc) is 2.90. The number of rotatable bonds is 1. The zero-order valence-electron chi connectivity index (χ0n) is 13.5. The molecule has 6 atom stereocenters. The maximum absolute atomic E-state index is 11.1. The zero-order valence-corrected chi connectivity index (χ0v) is 13.5. The lowest BCUT2D eigenvalue weighted by Gasteiger charge is -2.59. The number of hydrogen-bond donors (Lipinski definition) is 2. The number of likely N-dealkylation sites (tertiary alicyclic amines) is 1. The Hall–Kier alpha value is -1.30. The van der Waals surface area contributed by atoms with Gasteiger partial charge in [-0.2, -0.15) is 0 Å². The van der Waals surface area contributed by atoms with E-state index < -0.39 is 12.2 Å². The second-order valence-corrected chi connectivity index (χ2v) is 7.56. The van der Waals surface area contributed by atoms with E-state index in [9.17, 15) is 10.2 Å². The van der Waals surface area contributed by atoms with Crippen LogP contribution in [0.1, 0.15) is 36.5 Å². The van der Waals surface area contributed by atoms with Crippen molar-refractivity contribution in [2.45, 2.75) is 49.0 Å². The molecule has 1 saturated carbocycles. The molecule has 2 heterocycles. The van der Waals surface area contributed by atoms with Crippen LogP contribution in [0.2, 0.25) is 0 Å². The second kappa shape index (κ2) is 4.41. The van der Waals surface area contributed by atoms with E-state index in [0.717, 1.165) is 42.7 Å². The van der Waals surface area contributed by atoms with Crippen molar-refractivity contribution >= 4 is 0 Å². The summed E-state index contributed by atoms with van der Waals surface area (Å²) in [6, 6.07) is 3.97. The highest BCUT2D eigenvalue weighted by molar-refractivity contribution is 5.61. The molecule has 0 aromatic heterocycles. The molecule has 0 unspecified atom stereocenters. The first-order valence-corrected chi connectivity index (χ1v) is 8.54. The molecule has 2 bridgehead atoms. The topological polar surface area (TPSA) is 62.2 Å². The predicted molar refractivity (Wildman–Crippen MR) is 83.8 cm³/mol. The Morgan fingerprint density at radius 2 is 2.13 bits per heavy atom. The number of hydrogen-bond acceptors (Lipinski definition) is 5. The number of aliphatic hydroxyl groups excluding tert-OH is 2. The minimum Gasteiger partial charge on any atom is -0.493 e. The third-order valence-electron chi connectivity index (χ3n) is 6.82. The van der Waals surface area contributed by atoms with Crippen LogP contribution in [0.4, 0.5) is 0 Å². The molecule has 5 nitrogen and oxygen atoms in total. The number of benzene rings is 1. The van der Waals surface area contributed by atoms with Gasteiger partial charge in [-0.25, -0.2) is 0 Å². The first-order chi connectivity index (χ1) is 11.1. The highest BCUT2D eigenvalue weighted by Crippen LogP contribution is 2.65. The van der Waals surface area contributed by atoms with Gasteiger partial charge in [0.2, 0.25) is 0 Å². The molecule has 4 aliphatic rings. The summed E-state index contributed by atoms with van der Waals surface area (Å²) < 4.78 is 11.8. The Bertz CT molecular complexity index is 677. The predicted octanol–water partition coefficient (Wildman–Crippen LogP) is 1.22. The summed E-state index contributed by atoms with van der Waals surface area (Å²) in [4.78, 5) is 2.29. The summed E-state index contributed by atoms with van der Waals surface area (Å²) >= 11 is 0. The Labute approximate surface area is 135 Å². The molecule has 2 aliphatic heterocycles. The van der Waals surface area contributed by atoms with E-state index >= 15 is 0 Å². The van der Waals surface area contributed by atoms with Gasteiger partial charge in [-0.3, -0.25) is 0 Å². The summed E-state index contributed by atoms with van der Waals surface area (Å²) in [6.07, 6.45) is 1.47. The lowest BCUT2D eigenvalue weighted by molar-refractivity contribution is -0.126. The average molecular weight is 317 g/mol. The van der Waals surface area contributed by atoms with Crippen molar-refractivity contribution < 1.29 is 19.7 Å². The lowest BCUT2D eigenvalue weighted by Crippen LogP contribution is -2.67. The maximum atomic E-state index is 11.1. The monoisotopic (exact) mass is 317 g/mol. The number of piperidine rings is 1. The SMILES string of the molecule is COc1ccc2c3c1O[C@H]1[C@@H](O)CC[C@H]4[C@@H]([C@H]2O)N(C)CC[C@@]341. The van der Waals surface area contributed by atoms with Crippen molar-refractivity contribution in [3.8, 4) is 11.5 Å². The normalized spacial score (nSPS) is 43.7. The molecule has 1 saturated heterocycles. The molecule has 2 fully saturated rings. The fraction of sp³-hybridized carbons (Fsp3) is 0.667. The van der Waals surface area contributed by atoms with Gasteiger partial charge in [-0.1, -0.05) is 6.07 Å². The van der Waals surface area contributed by atoms with Gasteiger partial charge in [-0.05, 0) is 50.4 Å². The Morgan fingerprint density at radius 1 is 1.30 bits per heavy atom. The minimum atomic E-state index is -0.504. The van der Waals surface area contributed by atoms with Crippen molar-refractivity contribution in [1.29, 1.82) is 0 Å². The van der Waals surface area contributed by atoms with Crippen LogP contribution in [0.3, 0.4) is 0 Å². The van der Waals surface area contributed by atoms with Crippen molar-refractivity contribution in [3.63, 3.8) is 0 Å². The van der Waals surface area contributed by atoms with Crippen LogP contribution >= 0.6 is 0 Å². The third-order valence-corrected chi connectivity index (χ3v) is 6.82. The molecule has 5 heteroatoms. The molecule has 1 aromatic carbocycles. The summed E-state index contributed by atoms with van der Waals surface area (Å²) in [6.45, 7) is 0.918. The molecule has 5 rings (SSSR count). The van der Waals surface area contributed by atoms with Crippen LogP contribution in [0, 0.1) is 5.92 Å². The molecule has 1 spiro atoms. The van der Waals surface area contributed by atoms with Crippen LogP contribution in [0.15, 0.2) is 12.1 Å². The van der Waals surface area contributed by atoms with Gasteiger partial charge in [0.1, 0.15) is 6.10 Å². The molecule has 0 amide bonds. The van der Waals surface area contributed by atoms with E-state index in [2.05, 4.69) is 11.9 Å². The fourth-order valence-electron chi connectivity index (χ4n) is 5.93. The minimum absolute atomic E-state index is 0.106. The standard InChI is InChI=1S/C18H23NO4/c1-19-8-7-18-10-4-5-11(20)17(18)23-16-12(22-2)6-3-9(13(16)18)15(21)14(10)19/h3,6,10-11,14-15,17,20-21H,4-5,7-8H2,1-2H3/t10-,11-,14-,15-,17-,18-/m0/s1. The quantitative estimate of drug-likeness (QED) is 0.815. The van der Waals surface area contributed by atoms with Gasteiger partial charge >= 0.3 is 0 Å². The van der Waals surface area contributed by atoms with Gasteiger partial charge in [0.15, 0.2) is 11.5 Å². The smallest absolute Gasteiger partial charge is 0.166 e. The lowest BCUT2D eigenvalue weighted by atomic mass is 9.51. The molecule has 1 aromatic rings. The Balaban J connectivity index is 1.83. The maximum Gasteiger partial charge on any atom is 0.166 e. The van der Waals surface area contributed by atoms with Crippen LogP contribution < -0.4 is 9.47 Å². The van der Waals surface area contributed by atoms with Crippen LogP contribution in [-0.4, -0.2) is 54.1 Å². The molecular formula is C18H23NO4. The van der Waals surface area contributed by atoms with Gasteiger partial charge in [0.25, 0.3) is 0 Å². The Kier molecular flexibility index (Phi) is 2.70. The number of methoxy groups -OCH3 is 1. The second-order valence-electron chi connectivity index (χ2n) is 7.56. The molecule has 124 valence electrons. The summed E-state index contributed by atoms with van der Waals surface area (Å²) in [7, 11) is 3.75. The third kappa shape index (κ3) is 1.45. The molecule has 23 heavy (non-hydrogen) atoms. The van der Waals surface area contributed by atoms with Crippen LogP contribution in [0.5, 0.6) is 11.5 Å². The van der Waals surface area contributed by atoms with Crippen LogP contribution in [0.25, 0.3) is 0 Å². The Morgan fingerprint density at radius 3 is 2.91 bits per heavy atom.